The topological polar surface area (TPSA) is 42.2 Å². The van der Waals surface area contributed by atoms with Crippen LogP contribution in [0.5, 0.6) is 0 Å². The first-order valence-corrected chi connectivity index (χ1v) is 7.40. The Labute approximate surface area is 120 Å². The van der Waals surface area contributed by atoms with Gasteiger partial charge >= 0.3 is 0 Å². The van der Waals surface area contributed by atoms with Crippen LogP contribution >= 0.6 is 11.3 Å². The molecule has 0 radical (unpaired) electrons. The Hall–Kier alpha value is -1.91. The first-order valence-electron chi connectivity index (χ1n) is 6.52. The lowest BCUT2D eigenvalue weighted by molar-refractivity contribution is 0.153. The minimum absolute atomic E-state index is 0.0316. The van der Waals surface area contributed by atoms with Gasteiger partial charge in [-0.2, -0.15) is 0 Å². The molecule has 0 saturated carbocycles. The highest BCUT2D eigenvalue weighted by Gasteiger charge is 2.09. The predicted octanol–water partition coefficient (Wildman–Crippen LogP) is 2.67. The van der Waals surface area contributed by atoms with Crippen LogP contribution in [-0.4, -0.2) is 15.8 Å². The molecule has 0 amide bonds. The SMILES string of the molecule is O=c1c2ccsc2ccn1CC(O)Cc1ccccc1. The zero-order valence-corrected chi connectivity index (χ0v) is 11.7. The summed E-state index contributed by atoms with van der Waals surface area (Å²) in [5.41, 5.74) is 1.04. The molecule has 0 fully saturated rings. The van der Waals surface area contributed by atoms with Crippen molar-refractivity contribution in [1.82, 2.24) is 4.57 Å². The number of fused-ring (bicyclic) bond motifs is 1. The lowest BCUT2D eigenvalue weighted by Gasteiger charge is -2.12. The van der Waals surface area contributed by atoms with E-state index in [2.05, 4.69) is 0 Å². The van der Waals surface area contributed by atoms with Crippen LogP contribution in [0.2, 0.25) is 0 Å². The molecule has 1 N–H and O–H groups in total. The van der Waals surface area contributed by atoms with Gasteiger partial charge in [0.15, 0.2) is 0 Å². The van der Waals surface area contributed by atoms with E-state index in [0.29, 0.717) is 13.0 Å². The molecule has 3 nitrogen and oxygen atoms in total. The number of aliphatic hydroxyl groups is 1. The maximum atomic E-state index is 12.2. The van der Waals surface area contributed by atoms with Gasteiger partial charge in [-0.05, 0) is 23.1 Å². The molecule has 0 aliphatic rings. The molecule has 1 atom stereocenters. The van der Waals surface area contributed by atoms with Crippen LogP contribution in [0.25, 0.3) is 10.1 Å². The summed E-state index contributed by atoms with van der Waals surface area (Å²) in [4.78, 5) is 12.2. The zero-order valence-electron chi connectivity index (χ0n) is 10.9. The highest BCUT2D eigenvalue weighted by Crippen LogP contribution is 2.16. The number of benzene rings is 1. The molecule has 20 heavy (non-hydrogen) atoms. The van der Waals surface area contributed by atoms with Crippen LogP contribution in [-0.2, 0) is 13.0 Å². The molecular weight excluding hydrogens is 270 g/mol. The second-order valence-electron chi connectivity index (χ2n) is 4.82. The van der Waals surface area contributed by atoms with Gasteiger partial charge in [-0.15, -0.1) is 11.3 Å². The molecule has 0 bridgehead atoms. The van der Waals surface area contributed by atoms with E-state index in [9.17, 15) is 9.90 Å². The van der Waals surface area contributed by atoms with E-state index in [4.69, 9.17) is 0 Å². The monoisotopic (exact) mass is 285 g/mol. The van der Waals surface area contributed by atoms with Gasteiger partial charge < -0.3 is 9.67 Å². The van der Waals surface area contributed by atoms with Crippen LogP contribution in [0.4, 0.5) is 0 Å². The van der Waals surface area contributed by atoms with Crippen molar-refractivity contribution in [2.75, 3.05) is 0 Å². The van der Waals surface area contributed by atoms with Gasteiger partial charge in [-0.1, -0.05) is 30.3 Å². The highest BCUT2D eigenvalue weighted by molar-refractivity contribution is 7.17. The van der Waals surface area contributed by atoms with Crippen LogP contribution < -0.4 is 5.56 Å². The van der Waals surface area contributed by atoms with Crippen molar-refractivity contribution in [2.24, 2.45) is 0 Å². The molecule has 102 valence electrons. The van der Waals surface area contributed by atoms with Gasteiger partial charge in [0.1, 0.15) is 0 Å². The van der Waals surface area contributed by atoms with Gasteiger partial charge in [-0.25, -0.2) is 0 Å². The molecule has 0 aliphatic heterocycles. The quantitative estimate of drug-likeness (QED) is 0.801. The number of aliphatic hydroxyl groups excluding tert-OH is 1. The van der Waals surface area contributed by atoms with Crippen molar-refractivity contribution < 1.29 is 5.11 Å². The Morgan fingerprint density at radius 2 is 1.95 bits per heavy atom. The molecule has 4 heteroatoms. The standard InChI is InChI=1S/C16H15NO2S/c18-13(10-12-4-2-1-3-5-12)11-17-8-6-15-14(16(17)19)7-9-20-15/h1-9,13,18H,10-11H2. The maximum absolute atomic E-state index is 12.2. The average Bonchev–Trinajstić information content (AvgIpc) is 2.92. The summed E-state index contributed by atoms with van der Waals surface area (Å²) in [6.07, 6.45) is 1.75. The fourth-order valence-corrected chi connectivity index (χ4v) is 3.10. The first kappa shape index (κ1) is 13.1. The number of aromatic nitrogens is 1. The molecule has 1 unspecified atom stereocenters. The summed E-state index contributed by atoms with van der Waals surface area (Å²) in [6, 6.07) is 13.6. The first-order chi connectivity index (χ1) is 9.74. The highest BCUT2D eigenvalue weighted by atomic mass is 32.1. The second-order valence-corrected chi connectivity index (χ2v) is 5.76. The fourth-order valence-electron chi connectivity index (χ4n) is 2.33. The maximum Gasteiger partial charge on any atom is 0.259 e. The van der Waals surface area contributed by atoms with Gasteiger partial charge in [0, 0.05) is 17.3 Å². The number of hydrogen-bond acceptors (Lipinski definition) is 3. The van der Waals surface area contributed by atoms with Crippen molar-refractivity contribution in [3.05, 3.63) is 70.0 Å². The van der Waals surface area contributed by atoms with Gasteiger partial charge in [0.2, 0.25) is 0 Å². The van der Waals surface area contributed by atoms with Crippen molar-refractivity contribution in [3.8, 4) is 0 Å². The Morgan fingerprint density at radius 1 is 1.15 bits per heavy atom. The normalized spacial score (nSPS) is 12.7. The Morgan fingerprint density at radius 3 is 2.75 bits per heavy atom. The summed E-state index contributed by atoms with van der Waals surface area (Å²) in [5.74, 6) is 0. The van der Waals surface area contributed by atoms with Crippen LogP contribution in [0, 0.1) is 0 Å². The van der Waals surface area contributed by atoms with Crippen molar-refractivity contribution in [3.63, 3.8) is 0 Å². The van der Waals surface area contributed by atoms with E-state index < -0.39 is 6.10 Å². The molecule has 3 aromatic rings. The zero-order chi connectivity index (χ0) is 13.9. The smallest absolute Gasteiger partial charge is 0.259 e. The van der Waals surface area contributed by atoms with Crippen LogP contribution in [0.3, 0.4) is 0 Å². The average molecular weight is 285 g/mol. The van der Waals surface area contributed by atoms with Crippen LogP contribution in [0.1, 0.15) is 5.56 Å². The van der Waals surface area contributed by atoms with E-state index in [-0.39, 0.29) is 5.56 Å². The molecule has 0 aliphatic carbocycles. The summed E-state index contributed by atoms with van der Waals surface area (Å²) in [7, 11) is 0. The predicted molar refractivity (Wildman–Crippen MR) is 82.2 cm³/mol. The fraction of sp³-hybridized carbons (Fsp3) is 0.188. The molecular formula is C16H15NO2S. The number of pyridine rings is 1. The minimum Gasteiger partial charge on any atom is -0.391 e. The van der Waals surface area contributed by atoms with Gasteiger partial charge in [0.25, 0.3) is 5.56 Å². The number of rotatable bonds is 4. The second kappa shape index (κ2) is 5.61. The lowest BCUT2D eigenvalue weighted by atomic mass is 10.1. The van der Waals surface area contributed by atoms with Crippen LogP contribution in [0.15, 0.2) is 58.8 Å². The minimum atomic E-state index is -0.564. The van der Waals surface area contributed by atoms with Crippen molar-refractivity contribution in [1.29, 1.82) is 0 Å². The number of thiophene rings is 1. The summed E-state index contributed by atoms with van der Waals surface area (Å²) in [6.45, 7) is 0.319. The third kappa shape index (κ3) is 2.66. The molecule has 2 heterocycles. The van der Waals surface area contributed by atoms with E-state index in [0.717, 1.165) is 15.6 Å². The van der Waals surface area contributed by atoms with Gasteiger partial charge in [-0.3, -0.25) is 4.79 Å². The largest absolute Gasteiger partial charge is 0.391 e. The Bertz CT molecular complexity index is 761. The molecule has 0 saturated heterocycles. The molecule has 1 aromatic carbocycles. The van der Waals surface area contributed by atoms with Crippen molar-refractivity contribution in [2.45, 2.75) is 19.1 Å². The lowest BCUT2D eigenvalue weighted by Crippen LogP contribution is -2.27. The molecule has 0 spiro atoms. The third-order valence-electron chi connectivity index (χ3n) is 3.31. The molecule has 2 aromatic heterocycles. The van der Waals surface area contributed by atoms with E-state index in [1.54, 1.807) is 22.1 Å². The number of nitrogens with zero attached hydrogens (tertiary/aromatic N) is 1. The van der Waals surface area contributed by atoms with E-state index in [1.165, 1.54) is 0 Å². The number of hydrogen-bond donors (Lipinski definition) is 1. The van der Waals surface area contributed by atoms with E-state index >= 15 is 0 Å². The summed E-state index contributed by atoms with van der Waals surface area (Å²) >= 11 is 1.56. The Balaban J connectivity index is 1.79. The van der Waals surface area contributed by atoms with Gasteiger partial charge in [0.05, 0.1) is 18.0 Å². The third-order valence-corrected chi connectivity index (χ3v) is 4.20. The Kier molecular flexibility index (Phi) is 3.67. The molecule has 3 rings (SSSR count). The van der Waals surface area contributed by atoms with E-state index in [1.807, 2.05) is 47.8 Å². The summed E-state index contributed by atoms with van der Waals surface area (Å²) in [5, 5.41) is 12.8. The van der Waals surface area contributed by atoms with Crippen molar-refractivity contribution >= 4 is 21.4 Å². The summed E-state index contributed by atoms with van der Waals surface area (Å²) < 4.78 is 2.58.